The minimum Gasteiger partial charge on any atom is -0.409 e. The maximum atomic E-state index is 12.3. The molecule has 0 aromatic heterocycles. The fourth-order valence-corrected chi connectivity index (χ4v) is 1.81. The molecule has 6 nitrogen and oxygen atoms in total. The maximum absolute atomic E-state index is 12.3. The molecule has 1 saturated heterocycles. The van der Waals surface area contributed by atoms with Crippen molar-refractivity contribution in [3.8, 4) is 0 Å². The van der Waals surface area contributed by atoms with Gasteiger partial charge in [0.25, 0.3) is 0 Å². The number of amidine groups is 1. The van der Waals surface area contributed by atoms with Gasteiger partial charge in [0.1, 0.15) is 5.41 Å². The van der Waals surface area contributed by atoms with Gasteiger partial charge in [-0.05, 0) is 27.2 Å². The van der Waals surface area contributed by atoms with Crippen molar-refractivity contribution in [1.29, 1.82) is 0 Å². The van der Waals surface area contributed by atoms with Crippen molar-refractivity contribution in [2.24, 2.45) is 16.3 Å². The molecule has 17 heavy (non-hydrogen) atoms. The Hall–Kier alpha value is -1.30. The second kappa shape index (κ2) is 5.35. The number of oxime groups is 1. The largest absolute Gasteiger partial charge is 0.409 e. The van der Waals surface area contributed by atoms with Crippen LogP contribution in [0.2, 0.25) is 0 Å². The summed E-state index contributed by atoms with van der Waals surface area (Å²) in [5, 5.41) is 11.6. The number of nitrogens with two attached hydrogens (primary N) is 1. The van der Waals surface area contributed by atoms with E-state index < -0.39 is 5.41 Å². The first-order valence-electron chi connectivity index (χ1n) is 5.78. The first-order valence-corrected chi connectivity index (χ1v) is 5.78. The molecule has 0 aromatic rings. The van der Waals surface area contributed by atoms with Crippen LogP contribution in [-0.2, 0) is 9.53 Å². The Morgan fingerprint density at radius 1 is 1.59 bits per heavy atom. The first kappa shape index (κ1) is 13.8. The number of hydrogen-bond acceptors (Lipinski definition) is 4. The van der Waals surface area contributed by atoms with Crippen LogP contribution in [0.1, 0.15) is 27.2 Å². The highest BCUT2D eigenvalue weighted by Gasteiger charge is 2.37. The van der Waals surface area contributed by atoms with Crippen molar-refractivity contribution in [2.45, 2.75) is 33.3 Å². The van der Waals surface area contributed by atoms with Crippen LogP contribution in [0.4, 0.5) is 0 Å². The van der Waals surface area contributed by atoms with E-state index >= 15 is 0 Å². The van der Waals surface area contributed by atoms with Crippen molar-refractivity contribution in [3.63, 3.8) is 0 Å². The predicted molar refractivity (Wildman–Crippen MR) is 63.8 cm³/mol. The minimum absolute atomic E-state index is 0.0181. The van der Waals surface area contributed by atoms with E-state index in [1.165, 1.54) is 0 Å². The van der Waals surface area contributed by atoms with Crippen LogP contribution in [-0.4, -0.2) is 47.7 Å². The Morgan fingerprint density at radius 3 is 2.82 bits per heavy atom. The summed E-state index contributed by atoms with van der Waals surface area (Å²) >= 11 is 0. The fourth-order valence-electron chi connectivity index (χ4n) is 1.81. The summed E-state index contributed by atoms with van der Waals surface area (Å²) in [6.07, 6.45) is 0.826. The Morgan fingerprint density at radius 2 is 2.24 bits per heavy atom. The van der Waals surface area contributed by atoms with Gasteiger partial charge in [-0.25, -0.2) is 0 Å². The Labute approximate surface area is 101 Å². The molecule has 1 fully saturated rings. The molecule has 3 N–H and O–H groups in total. The molecular formula is C11H21N3O3. The van der Waals surface area contributed by atoms with E-state index in [0.29, 0.717) is 19.7 Å². The molecule has 0 spiro atoms. The zero-order chi connectivity index (χ0) is 13.1. The lowest BCUT2D eigenvalue weighted by atomic mass is 9.90. The monoisotopic (exact) mass is 243 g/mol. The van der Waals surface area contributed by atoms with Gasteiger partial charge in [0.2, 0.25) is 5.91 Å². The van der Waals surface area contributed by atoms with Gasteiger partial charge in [0.05, 0.1) is 6.10 Å². The molecule has 1 aliphatic heterocycles. The lowest BCUT2D eigenvalue weighted by Crippen LogP contribution is -2.49. The standard InChI is InChI=1S/C11H21N3O3/c1-8-7-14(5-4-6-17-8)10(15)11(2,3)9(12)13-16/h8,16H,4-7H2,1-3H3,(H2,12,13). The van der Waals surface area contributed by atoms with Gasteiger partial charge in [-0.15, -0.1) is 0 Å². The van der Waals surface area contributed by atoms with Crippen LogP contribution in [0.3, 0.4) is 0 Å². The number of ether oxygens (including phenoxy) is 1. The summed E-state index contributed by atoms with van der Waals surface area (Å²) in [7, 11) is 0. The van der Waals surface area contributed by atoms with Gasteiger partial charge in [-0.3, -0.25) is 4.79 Å². The summed E-state index contributed by atoms with van der Waals surface area (Å²) in [5.74, 6) is -0.203. The summed E-state index contributed by atoms with van der Waals surface area (Å²) in [6, 6.07) is 0. The molecule has 98 valence electrons. The normalized spacial score (nSPS) is 23.4. The van der Waals surface area contributed by atoms with Crippen molar-refractivity contribution in [2.75, 3.05) is 19.7 Å². The average molecular weight is 243 g/mol. The molecule has 0 aromatic carbocycles. The second-order valence-corrected chi connectivity index (χ2v) is 4.90. The topological polar surface area (TPSA) is 88.2 Å². The maximum Gasteiger partial charge on any atom is 0.236 e. The van der Waals surface area contributed by atoms with Gasteiger partial charge in [0.15, 0.2) is 5.84 Å². The third kappa shape index (κ3) is 3.09. The molecule has 1 atom stereocenters. The predicted octanol–water partition coefficient (Wildman–Crippen LogP) is 0.396. The zero-order valence-electron chi connectivity index (χ0n) is 10.6. The summed E-state index contributed by atoms with van der Waals surface area (Å²) < 4.78 is 5.48. The van der Waals surface area contributed by atoms with E-state index in [4.69, 9.17) is 15.7 Å². The molecule has 1 rings (SSSR count). The third-order valence-corrected chi connectivity index (χ3v) is 3.02. The number of carbonyl (C=O) groups excluding carboxylic acids is 1. The quantitative estimate of drug-likeness (QED) is 0.318. The second-order valence-electron chi connectivity index (χ2n) is 4.90. The lowest BCUT2D eigenvalue weighted by molar-refractivity contribution is -0.137. The van der Waals surface area contributed by atoms with Crippen LogP contribution < -0.4 is 5.73 Å². The summed E-state index contributed by atoms with van der Waals surface area (Å²) in [6.45, 7) is 7.09. The minimum atomic E-state index is -0.987. The van der Waals surface area contributed by atoms with Crippen LogP contribution in [0, 0.1) is 5.41 Å². The molecule has 0 saturated carbocycles. The van der Waals surface area contributed by atoms with Crippen molar-refractivity contribution < 1.29 is 14.7 Å². The zero-order valence-corrected chi connectivity index (χ0v) is 10.6. The van der Waals surface area contributed by atoms with E-state index in [-0.39, 0.29) is 17.8 Å². The summed E-state index contributed by atoms with van der Waals surface area (Å²) in [5.41, 5.74) is 4.57. The highest BCUT2D eigenvalue weighted by Crippen LogP contribution is 2.21. The lowest BCUT2D eigenvalue weighted by Gasteiger charge is -2.30. The first-order chi connectivity index (χ1) is 7.89. The fraction of sp³-hybridized carbons (Fsp3) is 0.818. The number of hydrogen-bond donors (Lipinski definition) is 2. The molecule has 6 heteroatoms. The van der Waals surface area contributed by atoms with Crippen molar-refractivity contribution >= 4 is 11.7 Å². The van der Waals surface area contributed by atoms with Gasteiger partial charge < -0.3 is 20.6 Å². The van der Waals surface area contributed by atoms with Crippen LogP contribution in [0.15, 0.2) is 5.16 Å². The highest BCUT2D eigenvalue weighted by atomic mass is 16.5. The molecule has 1 amide bonds. The van der Waals surface area contributed by atoms with Gasteiger partial charge >= 0.3 is 0 Å². The average Bonchev–Trinajstić information content (AvgIpc) is 2.51. The molecule has 1 heterocycles. The molecule has 1 unspecified atom stereocenters. The molecule has 1 aliphatic rings. The van der Waals surface area contributed by atoms with Crippen molar-refractivity contribution in [3.05, 3.63) is 0 Å². The number of carbonyl (C=O) groups is 1. The summed E-state index contributed by atoms with van der Waals surface area (Å²) in [4.78, 5) is 14.0. The number of rotatable bonds is 2. The van der Waals surface area contributed by atoms with E-state index in [2.05, 4.69) is 5.16 Å². The van der Waals surface area contributed by atoms with Crippen LogP contribution in [0.25, 0.3) is 0 Å². The molecular weight excluding hydrogens is 222 g/mol. The van der Waals surface area contributed by atoms with Gasteiger partial charge in [-0.1, -0.05) is 5.16 Å². The number of amides is 1. The van der Waals surface area contributed by atoms with Crippen LogP contribution in [0.5, 0.6) is 0 Å². The Bertz CT molecular complexity index is 315. The third-order valence-electron chi connectivity index (χ3n) is 3.02. The molecule has 0 bridgehead atoms. The Balaban J connectivity index is 2.80. The number of nitrogens with zero attached hydrogens (tertiary/aromatic N) is 2. The van der Waals surface area contributed by atoms with E-state index in [0.717, 1.165) is 6.42 Å². The van der Waals surface area contributed by atoms with Crippen LogP contribution >= 0.6 is 0 Å². The molecule has 0 radical (unpaired) electrons. The van der Waals surface area contributed by atoms with E-state index in [1.54, 1.807) is 18.7 Å². The smallest absolute Gasteiger partial charge is 0.236 e. The van der Waals surface area contributed by atoms with E-state index in [1.807, 2.05) is 6.92 Å². The molecule has 0 aliphatic carbocycles. The van der Waals surface area contributed by atoms with E-state index in [9.17, 15) is 4.79 Å². The highest BCUT2D eigenvalue weighted by molar-refractivity contribution is 6.05. The van der Waals surface area contributed by atoms with Gasteiger partial charge in [-0.2, -0.15) is 0 Å². The SMILES string of the molecule is CC1CN(C(=O)C(C)(C)C(N)=NO)CCCO1. The van der Waals surface area contributed by atoms with Crippen molar-refractivity contribution in [1.82, 2.24) is 4.90 Å². The van der Waals surface area contributed by atoms with Gasteiger partial charge in [0, 0.05) is 19.7 Å². The Kier molecular flexibility index (Phi) is 4.34.